The van der Waals surface area contributed by atoms with Gasteiger partial charge >= 0.3 is 0 Å². The van der Waals surface area contributed by atoms with Gasteiger partial charge in [-0.05, 0) is 37.8 Å². The highest BCUT2D eigenvalue weighted by Gasteiger charge is 2.21. The lowest BCUT2D eigenvalue weighted by molar-refractivity contribution is -0.385. The van der Waals surface area contributed by atoms with Gasteiger partial charge in [0, 0.05) is 25.3 Å². The highest BCUT2D eigenvalue weighted by Crippen LogP contribution is 2.29. The molecule has 0 unspecified atom stereocenters. The largest absolute Gasteiger partial charge is 0.374 e. The molecule has 1 aromatic rings. The van der Waals surface area contributed by atoms with Crippen LogP contribution < -0.4 is 4.90 Å². The van der Waals surface area contributed by atoms with Gasteiger partial charge in [0.25, 0.3) is 5.69 Å². The van der Waals surface area contributed by atoms with Crippen LogP contribution in [0.2, 0.25) is 0 Å². The lowest BCUT2D eigenvalue weighted by atomic mass is 10.1. The van der Waals surface area contributed by atoms with Crippen LogP contribution in [0.4, 0.5) is 11.4 Å². The van der Waals surface area contributed by atoms with Crippen molar-refractivity contribution in [3.63, 3.8) is 0 Å². The van der Waals surface area contributed by atoms with Crippen LogP contribution in [-0.2, 0) is 0 Å². The molecule has 0 radical (unpaired) electrons. The molecule has 1 aromatic carbocycles. The molecule has 5 heteroatoms. The SMILES string of the molecule is CC(=O)c1ccc(N(C)CC2CCCC2)cc1[N+](=O)[O-]. The molecule has 1 saturated carbocycles. The van der Waals surface area contributed by atoms with E-state index in [1.165, 1.54) is 38.7 Å². The topological polar surface area (TPSA) is 63.5 Å². The standard InChI is InChI=1S/C15H20N2O3/c1-11(18)14-8-7-13(9-15(14)17(19)20)16(2)10-12-5-3-4-6-12/h7-9,12H,3-6,10H2,1-2H3. The molecule has 0 spiro atoms. The van der Waals surface area contributed by atoms with E-state index in [0.29, 0.717) is 5.92 Å². The van der Waals surface area contributed by atoms with Gasteiger partial charge in [-0.25, -0.2) is 0 Å². The number of hydrogen-bond donors (Lipinski definition) is 0. The second-order valence-electron chi connectivity index (χ2n) is 5.55. The molecule has 20 heavy (non-hydrogen) atoms. The highest BCUT2D eigenvalue weighted by molar-refractivity contribution is 5.98. The predicted octanol–water partition coefficient (Wildman–Crippen LogP) is 3.42. The van der Waals surface area contributed by atoms with Crippen molar-refractivity contribution < 1.29 is 9.72 Å². The van der Waals surface area contributed by atoms with E-state index >= 15 is 0 Å². The van der Waals surface area contributed by atoms with Crippen molar-refractivity contribution in [1.82, 2.24) is 0 Å². The zero-order valence-electron chi connectivity index (χ0n) is 12.0. The fraction of sp³-hybridized carbons (Fsp3) is 0.533. The Morgan fingerprint density at radius 3 is 2.60 bits per heavy atom. The van der Waals surface area contributed by atoms with Crippen molar-refractivity contribution in [2.75, 3.05) is 18.5 Å². The summed E-state index contributed by atoms with van der Waals surface area (Å²) in [4.78, 5) is 24.1. The van der Waals surface area contributed by atoms with E-state index in [1.54, 1.807) is 12.1 Å². The first kappa shape index (κ1) is 14.5. The van der Waals surface area contributed by atoms with Crippen LogP contribution in [0.25, 0.3) is 0 Å². The molecule has 0 atom stereocenters. The van der Waals surface area contributed by atoms with Crippen molar-refractivity contribution in [2.24, 2.45) is 5.92 Å². The molecule has 0 aromatic heterocycles. The Bertz CT molecular complexity index is 522. The number of nitro groups is 1. The van der Waals surface area contributed by atoms with Gasteiger partial charge in [0.05, 0.1) is 10.5 Å². The first-order valence-corrected chi connectivity index (χ1v) is 6.99. The molecule has 108 valence electrons. The number of hydrogen-bond acceptors (Lipinski definition) is 4. The average molecular weight is 276 g/mol. The Labute approximate surface area is 118 Å². The van der Waals surface area contributed by atoms with E-state index in [2.05, 4.69) is 0 Å². The summed E-state index contributed by atoms with van der Waals surface area (Å²) in [5.41, 5.74) is 0.870. The number of nitrogens with zero attached hydrogens (tertiary/aromatic N) is 2. The summed E-state index contributed by atoms with van der Waals surface area (Å²) in [7, 11) is 1.95. The van der Waals surface area contributed by atoms with Gasteiger partial charge in [-0.1, -0.05) is 12.8 Å². The Balaban J connectivity index is 2.21. The quantitative estimate of drug-likeness (QED) is 0.469. The van der Waals surface area contributed by atoms with Crippen LogP contribution in [0.3, 0.4) is 0 Å². The third-order valence-electron chi connectivity index (χ3n) is 4.00. The molecule has 0 amide bonds. The molecule has 0 saturated heterocycles. The number of benzene rings is 1. The molecule has 1 fully saturated rings. The number of carbonyl (C=O) groups excluding carboxylic acids is 1. The van der Waals surface area contributed by atoms with Crippen molar-refractivity contribution >= 4 is 17.2 Å². The average Bonchev–Trinajstić information content (AvgIpc) is 2.90. The second kappa shape index (κ2) is 6.03. The lowest BCUT2D eigenvalue weighted by Crippen LogP contribution is -2.24. The minimum absolute atomic E-state index is 0.103. The maximum Gasteiger partial charge on any atom is 0.282 e. The Morgan fingerprint density at radius 2 is 2.05 bits per heavy atom. The summed E-state index contributed by atoms with van der Waals surface area (Å²) in [6.45, 7) is 2.26. The third-order valence-corrected chi connectivity index (χ3v) is 4.00. The van der Waals surface area contributed by atoms with E-state index in [0.717, 1.165) is 12.2 Å². The fourth-order valence-corrected chi connectivity index (χ4v) is 2.89. The van der Waals surface area contributed by atoms with Crippen LogP contribution in [-0.4, -0.2) is 24.3 Å². The molecule has 0 heterocycles. The van der Waals surface area contributed by atoms with Crippen LogP contribution in [0.5, 0.6) is 0 Å². The molecule has 0 bridgehead atoms. The second-order valence-corrected chi connectivity index (χ2v) is 5.55. The zero-order chi connectivity index (χ0) is 14.7. The van der Waals surface area contributed by atoms with Gasteiger partial charge in [0.2, 0.25) is 0 Å². The van der Waals surface area contributed by atoms with Gasteiger partial charge < -0.3 is 4.90 Å². The summed E-state index contributed by atoms with van der Waals surface area (Å²) in [6, 6.07) is 4.85. The first-order chi connectivity index (χ1) is 9.49. The van der Waals surface area contributed by atoms with Crippen molar-refractivity contribution in [3.8, 4) is 0 Å². The van der Waals surface area contributed by atoms with Gasteiger partial charge in [0.15, 0.2) is 5.78 Å². The molecule has 0 aliphatic heterocycles. The number of carbonyl (C=O) groups is 1. The number of Topliss-reactive ketones (excluding diaryl/α,β-unsaturated/α-hetero) is 1. The first-order valence-electron chi connectivity index (χ1n) is 6.99. The van der Waals surface area contributed by atoms with Crippen LogP contribution in [0, 0.1) is 16.0 Å². The molecule has 2 rings (SSSR count). The molecule has 1 aliphatic carbocycles. The number of anilines is 1. The number of rotatable bonds is 5. The highest BCUT2D eigenvalue weighted by atomic mass is 16.6. The van der Waals surface area contributed by atoms with Crippen LogP contribution in [0.1, 0.15) is 43.0 Å². The molecular weight excluding hydrogens is 256 g/mol. The summed E-state index contributed by atoms with van der Waals surface area (Å²) in [5, 5.41) is 11.1. The molecule has 0 N–H and O–H groups in total. The summed E-state index contributed by atoms with van der Waals surface area (Å²) in [5.74, 6) is 0.397. The maximum absolute atomic E-state index is 11.4. The van der Waals surface area contributed by atoms with Crippen molar-refractivity contribution in [1.29, 1.82) is 0 Å². The number of ketones is 1. The Kier molecular flexibility index (Phi) is 4.37. The van der Waals surface area contributed by atoms with E-state index in [9.17, 15) is 14.9 Å². The van der Waals surface area contributed by atoms with Gasteiger partial charge in [0.1, 0.15) is 0 Å². The molecular formula is C15H20N2O3. The Morgan fingerprint density at radius 1 is 1.40 bits per heavy atom. The van der Waals surface area contributed by atoms with E-state index in [1.807, 2.05) is 11.9 Å². The minimum atomic E-state index is -0.482. The fourth-order valence-electron chi connectivity index (χ4n) is 2.89. The van der Waals surface area contributed by atoms with Gasteiger partial charge in [-0.2, -0.15) is 0 Å². The smallest absolute Gasteiger partial charge is 0.282 e. The van der Waals surface area contributed by atoms with Crippen molar-refractivity contribution in [3.05, 3.63) is 33.9 Å². The Hall–Kier alpha value is -1.91. The minimum Gasteiger partial charge on any atom is -0.374 e. The summed E-state index contributed by atoms with van der Waals surface area (Å²) in [6.07, 6.45) is 5.03. The maximum atomic E-state index is 11.4. The zero-order valence-corrected chi connectivity index (χ0v) is 12.0. The third kappa shape index (κ3) is 3.15. The summed E-state index contributed by atoms with van der Waals surface area (Å²) >= 11 is 0. The normalized spacial score (nSPS) is 15.3. The van der Waals surface area contributed by atoms with Gasteiger partial charge in [-0.3, -0.25) is 14.9 Å². The number of nitro benzene ring substituents is 1. The molecule has 1 aliphatic rings. The monoisotopic (exact) mass is 276 g/mol. The van der Waals surface area contributed by atoms with Crippen LogP contribution >= 0.6 is 0 Å². The van der Waals surface area contributed by atoms with Crippen LogP contribution in [0.15, 0.2) is 18.2 Å². The van der Waals surface area contributed by atoms with E-state index in [-0.39, 0.29) is 17.0 Å². The lowest BCUT2D eigenvalue weighted by Gasteiger charge is -2.23. The summed E-state index contributed by atoms with van der Waals surface area (Å²) < 4.78 is 0. The van der Waals surface area contributed by atoms with E-state index in [4.69, 9.17) is 0 Å². The van der Waals surface area contributed by atoms with Crippen molar-refractivity contribution in [2.45, 2.75) is 32.6 Å². The predicted molar refractivity (Wildman–Crippen MR) is 78.3 cm³/mol. The van der Waals surface area contributed by atoms with E-state index < -0.39 is 4.92 Å². The molecule has 5 nitrogen and oxygen atoms in total. The van der Waals surface area contributed by atoms with Gasteiger partial charge in [-0.15, -0.1) is 0 Å².